The van der Waals surface area contributed by atoms with E-state index >= 15 is 0 Å². The lowest BCUT2D eigenvalue weighted by Crippen LogP contribution is -1.93. The van der Waals surface area contributed by atoms with Gasteiger partial charge in [-0.3, -0.25) is 0 Å². The summed E-state index contributed by atoms with van der Waals surface area (Å²) in [4.78, 5) is 12.9. The fourth-order valence-corrected chi connectivity index (χ4v) is 1.79. The van der Waals surface area contributed by atoms with Crippen molar-refractivity contribution in [3.05, 3.63) is 42.4 Å². The molecule has 2 aromatic heterocycles. The summed E-state index contributed by atoms with van der Waals surface area (Å²) in [6.45, 7) is 0. The van der Waals surface area contributed by atoms with Crippen LogP contribution in [0.25, 0.3) is 22.6 Å². The number of imidazole rings is 1. The van der Waals surface area contributed by atoms with Gasteiger partial charge < -0.3 is 4.57 Å². The number of rotatable bonds is 1. The smallest absolute Gasteiger partial charge is 0.163 e. The van der Waals surface area contributed by atoms with Gasteiger partial charge in [0.05, 0.1) is 24.2 Å². The number of hydrogen-bond donors (Lipinski definition) is 0. The first-order valence-corrected chi connectivity index (χ1v) is 5.42. The van der Waals surface area contributed by atoms with E-state index in [1.165, 1.54) is 0 Å². The van der Waals surface area contributed by atoms with Crippen LogP contribution >= 0.6 is 0 Å². The lowest BCUT2D eigenvalue weighted by Gasteiger charge is -2.01. The molecule has 3 aromatic rings. The number of nitriles is 1. The Bertz CT molecular complexity index is 766. The Morgan fingerprint density at radius 3 is 3.00 bits per heavy atom. The zero-order valence-electron chi connectivity index (χ0n) is 9.70. The largest absolute Gasteiger partial charge is 0.318 e. The highest BCUT2D eigenvalue weighted by Gasteiger charge is 2.06. The van der Waals surface area contributed by atoms with Crippen molar-refractivity contribution in [2.24, 2.45) is 7.05 Å². The molecule has 0 aliphatic rings. The Labute approximate surface area is 103 Å². The second-order valence-corrected chi connectivity index (χ2v) is 3.95. The molecule has 0 N–H and O–H groups in total. The van der Waals surface area contributed by atoms with Crippen molar-refractivity contribution in [3.8, 4) is 17.5 Å². The van der Waals surface area contributed by atoms with E-state index in [1.807, 2.05) is 23.7 Å². The third kappa shape index (κ3) is 1.60. The molecule has 2 heterocycles. The predicted molar refractivity (Wildman–Crippen MR) is 66.5 cm³/mol. The number of aryl methyl sites for hydroxylation is 1. The fraction of sp³-hybridized carbons (Fsp3) is 0.0769. The second kappa shape index (κ2) is 3.93. The summed E-state index contributed by atoms with van der Waals surface area (Å²) in [5.74, 6) is 0.600. The highest BCUT2D eigenvalue weighted by Crippen LogP contribution is 2.18. The van der Waals surface area contributed by atoms with Crippen LogP contribution in [0.3, 0.4) is 0 Å². The molecule has 5 nitrogen and oxygen atoms in total. The Hall–Kier alpha value is -2.74. The molecule has 1 aromatic carbocycles. The maximum Gasteiger partial charge on any atom is 0.163 e. The van der Waals surface area contributed by atoms with Gasteiger partial charge in [0.1, 0.15) is 5.52 Å². The molecule has 0 aliphatic carbocycles. The van der Waals surface area contributed by atoms with Crippen LogP contribution in [-0.2, 0) is 7.05 Å². The second-order valence-electron chi connectivity index (χ2n) is 3.95. The Morgan fingerprint density at radius 1 is 1.28 bits per heavy atom. The zero-order chi connectivity index (χ0) is 12.5. The Balaban J connectivity index is 2.19. The van der Waals surface area contributed by atoms with Crippen molar-refractivity contribution in [2.75, 3.05) is 0 Å². The van der Waals surface area contributed by atoms with Crippen LogP contribution in [0.5, 0.6) is 0 Å². The lowest BCUT2D eigenvalue weighted by molar-refractivity contribution is 0.929. The highest BCUT2D eigenvalue weighted by molar-refractivity contribution is 5.72. The van der Waals surface area contributed by atoms with Crippen LogP contribution in [0.4, 0.5) is 0 Å². The quantitative estimate of drug-likeness (QED) is 0.646. The average Bonchev–Trinajstić information content (AvgIpc) is 2.80. The Kier molecular flexibility index (Phi) is 2.27. The van der Waals surface area contributed by atoms with Crippen molar-refractivity contribution in [1.82, 2.24) is 19.5 Å². The standard InChI is InChI=1S/C13H9N5/c1-18-8-16-11-7-15-12(17-13(11)18)10-4-2-3-9(5-10)6-14/h2-5,7-8H,1H3. The van der Waals surface area contributed by atoms with Crippen LogP contribution in [0.1, 0.15) is 5.56 Å². The van der Waals surface area contributed by atoms with E-state index in [0.717, 1.165) is 16.7 Å². The molecule has 0 bridgehead atoms. The van der Waals surface area contributed by atoms with E-state index in [0.29, 0.717) is 11.4 Å². The summed E-state index contributed by atoms with van der Waals surface area (Å²) in [7, 11) is 1.89. The molecule has 86 valence electrons. The molecule has 0 spiro atoms. The van der Waals surface area contributed by atoms with E-state index in [9.17, 15) is 0 Å². The summed E-state index contributed by atoms with van der Waals surface area (Å²) >= 11 is 0. The molecule has 3 rings (SSSR count). The molecule has 5 heteroatoms. The number of aromatic nitrogens is 4. The lowest BCUT2D eigenvalue weighted by atomic mass is 10.1. The minimum absolute atomic E-state index is 0.598. The topological polar surface area (TPSA) is 67.4 Å². The molecule has 0 radical (unpaired) electrons. The first-order chi connectivity index (χ1) is 8.78. The van der Waals surface area contributed by atoms with Crippen molar-refractivity contribution in [2.45, 2.75) is 0 Å². The van der Waals surface area contributed by atoms with Gasteiger partial charge in [-0.15, -0.1) is 0 Å². The molecule has 0 saturated heterocycles. The average molecular weight is 235 g/mol. The third-order valence-electron chi connectivity index (χ3n) is 2.70. The minimum atomic E-state index is 0.598. The molecule has 0 aliphatic heterocycles. The van der Waals surface area contributed by atoms with Crippen molar-refractivity contribution in [1.29, 1.82) is 5.26 Å². The predicted octanol–water partition coefficient (Wildman–Crippen LogP) is 1.90. The van der Waals surface area contributed by atoms with Crippen molar-refractivity contribution >= 4 is 11.2 Å². The Morgan fingerprint density at radius 2 is 2.17 bits per heavy atom. The van der Waals surface area contributed by atoms with Crippen LogP contribution in [0.15, 0.2) is 36.8 Å². The maximum absolute atomic E-state index is 8.89. The van der Waals surface area contributed by atoms with Gasteiger partial charge in [0.15, 0.2) is 11.5 Å². The van der Waals surface area contributed by atoms with Gasteiger partial charge in [-0.05, 0) is 12.1 Å². The highest BCUT2D eigenvalue weighted by atomic mass is 15.1. The normalized spacial score (nSPS) is 10.4. The third-order valence-corrected chi connectivity index (χ3v) is 2.70. The first kappa shape index (κ1) is 10.4. The van der Waals surface area contributed by atoms with Crippen molar-refractivity contribution < 1.29 is 0 Å². The first-order valence-electron chi connectivity index (χ1n) is 5.42. The number of nitrogens with zero attached hydrogens (tertiary/aromatic N) is 5. The van der Waals surface area contributed by atoms with Gasteiger partial charge in [-0.1, -0.05) is 12.1 Å². The maximum atomic E-state index is 8.89. The van der Waals surface area contributed by atoms with Gasteiger partial charge >= 0.3 is 0 Å². The molecule has 0 fully saturated rings. The van der Waals surface area contributed by atoms with E-state index in [4.69, 9.17) is 5.26 Å². The van der Waals surface area contributed by atoms with E-state index in [1.54, 1.807) is 24.7 Å². The van der Waals surface area contributed by atoms with E-state index < -0.39 is 0 Å². The van der Waals surface area contributed by atoms with Gasteiger partial charge in [-0.2, -0.15) is 5.26 Å². The summed E-state index contributed by atoms with van der Waals surface area (Å²) < 4.78 is 1.84. The molecule has 0 saturated carbocycles. The monoisotopic (exact) mass is 235 g/mol. The van der Waals surface area contributed by atoms with Crippen LogP contribution in [0.2, 0.25) is 0 Å². The van der Waals surface area contributed by atoms with Crippen molar-refractivity contribution in [3.63, 3.8) is 0 Å². The molecule has 0 unspecified atom stereocenters. The summed E-state index contributed by atoms with van der Waals surface area (Å²) in [5, 5.41) is 8.89. The van der Waals surface area contributed by atoms with Gasteiger partial charge in [0, 0.05) is 12.6 Å². The zero-order valence-corrected chi connectivity index (χ0v) is 9.70. The molecule has 18 heavy (non-hydrogen) atoms. The molecular formula is C13H9N5. The summed E-state index contributed by atoms with van der Waals surface area (Å²) in [6, 6.07) is 9.35. The van der Waals surface area contributed by atoms with Gasteiger partial charge in [0.2, 0.25) is 0 Å². The number of fused-ring (bicyclic) bond motifs is 1. The molecular weight excluding hydrogens is 226 g/mol. The van der Waals surface area contributed by atoms with Gasteiger partial charge in [0.25, 0.3) is 0 Å². The summed E-state index contributed by atoms with van der Waals surface area (Å²) in [6.07, 6.45) is 3.39. The molecule has 0 atom stereocenters. The van der Waals surface area contributed by atoms with E-state index in [2.05, 4.69) is 21.0 Å². The van der Waals surface area contributed by atoms with Crippen LogP contribution < -0.4 is 0 Å². The SMILES string of the molecule is Cn1cnc2cnc(-c3cccc(C#N)c3)nc21. The fourth-order valence-electron chi connectivity index (χ4n) is 1.79. The van der Waals surface area contributed by atoms with E-state index in [-0.39, 0.29) is 0 Å². The summed E-state index contributed by atoms with van der Waals surface area (Å²) in [5.41, 5.74) is 2.97. The van der Waals surface area contributed by atoms with Crippen LogP contribution in [0, 0.1) is 11.3 Å². The molecule has 0 amide bonds. The number of benzene rings is 1. The van der Waals surface area contributed by atoms with Gasteiger partial charge in [-0.25, -0.2) is 15.0 Å². The number of hydrogen-bond acceptors (Lipinski definition) is 4. The minimum Gasteiger partial charge on any atom is -0.318 e. The van der Waals surface area contributed by atoms with Crippen LogP contribution in [-0.4, -0.2) is 19.5 Å².